The molecule has 3 heteroatoms. The van der Waals surface area contributed by atoms with Crippen LogP contribution >= 0.6 is 0 Å². The van der Waals surface area contributed by atoms with Crippen LogP contribution in [0, 0.1) is 0 Å². The third kappa shape index (κ3) is 1.89. The van der Waals surface area contributed by atoms with Crippen LogP contribution in [0.4, 0.5) is 0 Å². The van der Waals surface area contributed by atoms with E-state index >= 15 is 0 Å². The molecule has 3 N–H and O–H groups in total. The van der Waals surface area contributed by atoms with E-state index < -0.39 is 0 Å². The van der Waals surface area contributed by atoms with Crippen LogP contribution in [0.5, 0.6) is 0 Å². The van der Waals surface area contributed by atoms with E-state index in [1.807, 2.05) is 6.20 Å². The molecule has 1 heterocycles. The molecule has 3 nitrogen and oxygen atoms in total. The summed E-state index contributed by atoms with van der Waals surface area (Å²) in [5.74, 6) is 0.945. The van der Waals surface area contributed by atoms with Crippen LogP contribution in [0.15, 0.2) is 48.7 Å². The number of benzene rings is 2. The van der Waals surface area contributed by atoms with Crippen LogP contribution < -0.4 is 5.73 Å². The van der Waals surface area contributed by atoms with Crippen molar-refractivity contribution in [3.63, 3.8) is 0 Å². The lowest BCUT2D eigenvalue weighted by Gasteiger charge is -2.03. The molecule has 0 unspecified atom stereocenters. The predicted molar refractivity (Wildman–Crippen MR) is 74.3 cm³/mol. The Balaban J connectivity index is 2.12. The van der Waals surface area contributed by atoms with E-state index in [-0.39, 0.29) is 0 Å². The Bertz CT molecular complexity index is 665. The summed E-state index contributed by atoms with van der Waals surface area (Å²) in [6.07, 6.45) is 2.66. The standard InChI is InChI=1S/C15H15N3/c16-9-8-15-17-10-14(18-15)13-7-3-5-11-4-1-2-6-12(11)13/h1-7,10H,8-9,16H2,(H,17,18). The maximum Gasteiger partial charge on any atom is 0.107 e. The number of fused-ring (bicyclic) bond motifs is 1. The van der Waals surface area contributed by atoms with Gasteiger partial charge in [0, 0.05) is 12.0 Å². The zero-order valence-corrected chi connectivity index (χ0v) is 10.1. The van der Waals surface area contributed by atoms with Gasteiger partial charge in [0.15, 0.2) is 0 Å². The highest BCUT2D eigenvalue weighted by Crippen LogP contribution is 2.27. The first kappa shape index (κ1) is 11.0. The Morgan fingerprint density at radius 3 is 2.78 bits per heavy atom. The maximum atomic E-state index is 5.54. The number of rotatable bonds is 3. The summed E-state index contributed by atoms with van der Waals surface area (Å²) in [5.41, 5.74) is 7.77. The van der Waals surface area contributed by atoms with E-state index in [1.165, 1.54) is 16.3 Å². The first-order chi connectivity index (χ1) is 8.88. The Morgan fingerprint density at radius 1 is 1.06 bits per heavy atom. The molecule has 0 radical (unpaired) electrons. The van der Waals surface area contributed by atoms with E-state index in [2.05, 4.69) is 52.4 Å². The minimum Gasteiger partial charge on any atom is -0.342 e. The molecule has 3 aromatic rings. The van der Waals surface area contributed by atoms with Crippen LogP contribution in [-0.2, 0) is 6.42 Å². The van der Waals surface area contributed by atoms with E-state index in [0.29, 0.717) is 6.54 Å². The van der Waals surface area contributed by atoms with Crippen molar-refractivity contribution in [3.8, 4) is 11.3 Å². The summed E-state index contributed by atoms with van der Waals surface area (Å²) in [5, 5.41) is 2.48. The van der Waals surface area contributed by atoms with E-state index in [0.717, 1.165) is 17.9 Å². The summed E-state index contributed by atoms with van der Waals surface area (Å²) in [6, 6.07) is 14.7. The Hall–Kier alpha value is -2.13. The van der Waals surface area contributed by atoms with Gasteiger partial charge in [-0.25, -0.2) is 4.98 Å². The summed E-state index contributed by atoms with van der Waals surface area (Å²) >= 11 is 0. The third-order valence-electron chi connectivity index (χ3n) is 3.09. The molecule has 2 aromatic carbocycles. The number of hydrogen-bond acceptors (Lipinski definition) is 2. The quantitative estimate of drug-likeness (QED) is 0.736. The fraction of sp³-hybridized carbons (Fsp3) is 0.133. The van der Waals surface area contributed by atoms with Gasteiger partial charge in [0.2, 0.25) is 0 Å². The predicted octanol–water partition coefficient (Wildman–Crippen LogP) is 2.73. The molecular formula is C15H15N3. The highest BCUT2D eigenvalue weighted by atomic mass is 14.9. The molecule has 90 valence electrons. The first-order valence-electron chi connectivity index (χ1n) is 6.10. The Kier molecular flexibility index (Phi) is 2.82. The highest BCUT2D eigenvalue weighted by Gasteiger charge is 2.06. The van der Waals surface area contributed by atoms with Crippen molar-refractivity contribution in [2.24, 2.45) is 5.73 Å². The normalized spacial score (nSPS) is 10.9. The number of imidazole rings is 1. The molecule has 0 aliphatic heterocycles. The SMILES string of the molecule is NCCc1ncc(-c2cccc3ccccc23)[nH]1. The zero-order valence-electron chi connectivity index (χ0n) is 10.1. The van der Waals surface area contributed by atoms with E-state index in [4.69, 9.17) is 5.73 Å². The van der Waals surface area contributed by atoms with Gasteiger partial charge < -0.3 is 10.7 Å². The van der Waals surface area contributed by atoms with Gasteiger partial charge in [-0.3, -0.25) is 0 Å². The number of aromatic amines is 1. The number of aromatic nitrogens is 2. The number of H-pyrrole nitrogens is 1. The summed E-state index contributed by atoms with van der Waals surface area (Å²) in [4.78, 5) is 7.68. The smallest absolute Gasteiger partial charge is 0.107 e. The van der Waals surface area contributed by atoms with Crippen molar-refractivity contribution in [2.45, 2.75) is 6.42 Å². The van der Waals surface area contributed by atoms with Crippen molar-refractivity contribution in [1.29, 1.82) is 0 Å². The molecule has 0 saturated carbocycles. The van der Waals surface area contributed by atoms with Gasteiger partial charge in [-0.1, -0.05) is 42.5 Å². The zero-order chi connectivity index (χ0) is 12.4. The van der Waals surface area contributed by atoms with E-state index in [1.54, 1.807) is 0 Å². The van der Waals surface area contributed by atoms with Crippen molar-refractivity contribution >= 4 is 10.8 Å². The van der Waals surface area contributed by atoms with Crippen molar-refractivity contribution in [1.82, 2.24) is 9.97 Å². The van der Waals surface area contributed by atoms with Gasteiger partial charge in [0.1, 0.15) is 5.82 Å². The molecule has 3 rings (SSSR count). The average molecular weight is 237 g/mol. The molecule has 0 bridgehead atoms. The number of hydrogen-bond donors (Lipinski definition) is 2. The molecular weight excluding hydrogens is 222 g/mol. The summed E-state index contributed by atoms with van der Waals surface area (Å²) in [7, 11) is 0. The number of nitrogens with two attached hydrogens (primary N) is 1. The average Bonchev–Trinajstić information content (AvgIpc) is 2.87. The molecule has 0 fully saturated rings. The highest BCUT2D eigenvalue weighted by molar-refractivity contribution is 5.95. The van der Waals surface area contributed by atoms with Gasteiger partial charge in [0.25, 0.3) is 0 Å². The van der Waals surface area contributed by atoms with Gasteiger partial charge in [0.05, 0.1) is 11.9 Å². The van der Waals surface area contributed by atoms with Gasteiger partial charge in [-0.05, 0) is 17.3 Å². The van der Waals surface area contributed by atoms with E-state index in [9.17, 15) is 0 Å². The van der Waals surface area contributed by atoms with Crippen molar-refractivity contribution in [3.05, 3.63) is 54.5 Å². The molecule has 0 spiro atoms. The molecule has 0 aliphatic rings. The lowest BCUT2D eigenvalue weighted by atomic mass is 10.0. The number of nitrogens with one attached hydrogen (secondary N) is 1. The van der Waals surface area contributed by atoms with Gasteiger partial charge >= 0.3 is 0 Å². The summed E-state index contributed by atoms with van der Waals surface area (Å²) < 4.78 is 0. The Morgan fingerprint density at radius 2 is 1.89 bits per heavy atom. The molecule has 0 saturated heterocycles. The second-order valence-corrected chi connectivity index (χ2v) is 4.31. The maximum absolute atomic E-state index is 5.54. The van der Waals surface area contributed by atoms with Crippen molar-refractivity contribution in [2.75, 3.05) is 6.54 Å². The fourth-order valence-corrected chi connectivity index (χ4v) is 2.22. The van der Waals surface area contributed by atoms with Crippen LogP contribution in [0.3, 0.4) is 0 Å². The topological polar surface area (TPSA) is 54.7 Å². The summed E-state index contributed by atoms with van der Waals surface area (Å²) in [6.45, 7) is 0.614. The van der Waals surface area contributed by atoms with Crippen LogP contribution in [0.25, 0.3) is 22.0 Å². The molecule has 18 heavy (non-hydrogen) atoms. The number of nitrogens with zero attached hydrogens (tertiary/aromatic N) is 1. The molecule has 0 aliphatic carbocycles. The van der Waals surface area contributed by atoms with Gasteiger partial charge in [-0.15, -0.1) is 0 Å². The Labute approximate surface area is 106 Å². The van der Waals surface area contributed by atoms with Crippen LogP contribution in [-0.4, -0.2) is 16.5 Å². The minimum atomic E-state index is 0.614. The molecule has 0 atom stereocenters. The van der Waals surface area contributed by atoms with Gasteiger partial charge in [-0.2, -0.15) is 0 Å². The largest absolute Gasteiger partial charge is 0.342 e. The third-order valence-corrected chi connectivity index (χ3v) is 3.09. The lowest BCUT2D eigenvalue weighted by molar-refractivity contribution is 0.895. The lowest BCUT2D eigenvalue weighted by Crippen LogP contribution is -2.03. The molecule has 1 aromatic heterocycles. The minimum absolute atomic E-state index is 0.614. The van der Waals surface area contributed by atoms with Crippen LogP contribution in [0.2, 0.25) is 0 Å². The monoisotopic (exact) mass is 237 g/mol. The second-order valence-electron chi connectivity index (χ2n) is 4.31. The fourth-order valence-electron chi connectivity index (χ4n) is 2.22. The second kappa shape index (κ2) is 4.63. The van der Waals surface area contributed by atoms with Crippen molar-refractivity contribution < 1.29 is 0 Å². The first-order valence-corrected chi connectivity index (χ1v) is 6.10. The molecule has 0 amide bonds. The van der Waals surface area contributed by atoms with Crippen LogP contribution in [0.1, 0.15) is 5.82 Å².